The molecule has 0 aliphatic carbocycles. The molecule has 6 aromatic rings. The number of rotatable bonds is 5. The van der Waals surface area contributed by atoms with E-state index in [1.54, 1.807) is 6.07 Å². The average molecular weight is 587 g/mol. The molecular weight excluding hydrogens is 546 g/mol. The maximum atomic E-state index is 15.6. The van der Waals surface area contributed by atoms with Gasteiger partial charge in [0.15, 0.2) is 6.20 Å². The van der Waals surface area contributed by atoms with E-state index in [1.807, 2.05) is 18.2 Å². The molecule has 0 N–H and O–H groups in total. The molecule has 6 rings (SSSR count). The van der Waals surface area contributed by atoms with Crippen LogP contribution >= 0.6 is 0 Å². The van der Waals surface area contributed by atoms with E-state index in [0.717, 1.165) is 56.3 Å². The van der Waals surface area contributed by atoms with Gasteiger partial charge in [-0.25, -0.2) is 8.96 Å². The Morgan fingerprint density at radius 1 is 0.721 bits per heavy atom. The largest absolute Gasteiger partial charge is 0.454 e. The van der Waals surface area contributed by atoms with Crippen molar-refractivity contribution in [1.82, 2.24) is 0 Å². The summed E-state index contributed by atoms with van der Waals surface area (Å²) < 4.78 is 24.5. The topological polar surface area (TPSA) is 17.0 Å². The second kappa shape index (κ2) is 10.6. The number of aromatic nitrogens is 1. The van der Waals surface area contributed by atoms with Crippen LogP contribution in [0, 0.1) is 18.2 Å². The fraction of sp³-hybridized carbons (Fsp3) is 0.256. The molecule has 2 aromatic heterocycles. The third-order valence-corrected chi connectivity index (χ3v) is 10.5. The fourth-order valence-corrected chi connectivity index (χ4v) is 7.31. The van der Waals surface area contributed by atoms with Crippen molar-refractivity contribution in [2.45, 2.75) is 53.8 Å². The molecule has 2 heterocycles. The van der Waals surface area contributed by atoms with E-state index >= 15 is 4.39 Å². The van der Waals surface area contributed by atoms with Gasteiger partial charge in [-0.3, -0.25) is 0 Å². The van der Waals surface area contributed by atoms with Gasteiger partial charge in [0.1, 0.15) is 24.0 Å². The van der Waals surface area contributed by atoms with Crippen LogP contribution in [0.2, 0.25) is 19.6 Å². The van der Waals surface area contributed by atoms with Gasteiger partial charge in [0.25, 0.3) is 0 Å². The predicted octanol–water partition coefficient (Wildman–Crippen LogP) is 9.99. The third-order valence-electron chi connectivity index (χ3n) is 8.43. The lowest BCUT2D eigenvalue weighted by atomic mass is 9.88. The highest BCUT2D eigenvalue weighted by atomic mass is 28.3. The molecule has 0 spiro atoms. The SMILES string of the molecule is Cc1ccc2c(oc3c(-c4ccc(-c5ccc([Si](C)(C)C)cc5)cc4)c(F)ccc32)c1-c1cc(CC(C)(C)C)cc[n+]1C. The molecule has 0 fully saturated rings. The molecule has 0 amide bonds. The van der Waals surface area contributed by atoms with E-state index in [2.05, 4.69) is 126 Å². The van der Waals surface area contributed by atoms with Crippen molar-refractivity contribution in [3.05, 3.63) is 108 Å². The van der Waals surface area contributed by atoms with Gasteiger partial charge in [-0.1, -0.05) is 106 Å². The van der Waals surface area contributed by atoms with Gasteiger partial charge in [-0.15, -0.1) is 0 Å². The summed E-state index contributed by atoms with van der Waals surface area (Å²) >= 11 is 0. The molecule has 0 bridgehead atoms. The number of nitrogens with zero attached hydrogens (tertiary/aromatic N) is 1. The number of fused-ring (bicyclic) bond motifs is 3. The Balaban J connectivity index is 1.47. The van der Waals surface area contributed by atoms with Crippen molar-refractivity contribution >= 4 is 35.2 Å². The zero-order valence-corrected chi connectivity index (χ0v) is 27.6. The normalized spacial score (nSPS) is 12.4. The molecule has 0 unspecified atom stereocenters. The minimum Gasteiger partial charge on any atom is -0.454 e. The third kappa shape index (κ3) is 5.57. The number of furan rings is 1. The second-order valence-electron chi connectivity index (χ2n) is 14.2. The monoisotopic (exact) mass is 586 g/mol. The molecule has 2 nitrogen and oxygen atoms in total. The van der Waals surface area contributed by atoms with E-state index in [4.69, 9.17) is 4.42 Å². The Morgan fingerprint density at radius 3 is 1.88 bits per heavy atom. The highest BCUT2D eigenvalue weighted by molar-refractivity contribution is 6.88. The van der Waals surface area contributed by atoms with Gasteiger partial charge < -0.3 is 4.42 Å². The van der Waals surface area contributed by atoms with Gasteiger partial charge in [0.05, 0.1) is 19.2 Å². The van der Waals surface area contributed by atoms with Crippen molar-refractivity contribution in [3.63, 3.8) is 0 Å². The maximum Gasteiger partial charge on any atom is 0.216 e. The Labute approximate surface area is 255 Å². The number of halogens is 1. The minimum atomic E-state index is -1.36. The first-order valence-electron chi connectivity index (χ1n) is 15.1. The number of hydrogen-bond donors (Lipinski definition) is 0. The number of benzene rings is 4. The lowest BCUT2D eigenvalue weighted by Crippen LogP contribution is -2.37. The van der Waals surface area contributed by atoms with E-state index in [9.17, 15) is 0 Å². The first-order valence-corrected chi connectivity index (χ1v) is 18.6. The summed E-state index contributed by atoms with van der Waals surface area (Å²) in [5.74, 6) is -0.283. The molecule has 43 heavy (non-hydrogen) atoms. The fourth-order valence-electron chi connectivity index (χ4n) is 6.14. The first kappa shape index (κ1) is 29.1. The Kier molecular flexibility index (Phi) is 7.17. The molecule has 0 saturated carbocycles. The summed E-state index contributed by atoms with van der Waals surface area (Å²) in [5.41, 5.74) is 9.71. The lowest BCUT2D eigenvalue weighted by molar-refractivity contribution is -0.660. The second-order valence-corrected chi connectivity index (χ2v) is 19.3. The zero-order chi connectivity index (χ0) is 30.7. The Morgan fingerprint density at radius 2 is 1.28 bits per heavy atom. The van der Waals surface area contributed by atoms with Crippen molar-refractivity contribution in [3.8, 4) is 33.5 Å². The maximum absolute atomic E-state index is 15.6. The van der Waals surface area contributed by atoms with Crippen LogP contribution in [-0.2, 0) is 13.5 Å². The predicted molar refractivity (Wildman–Crippen MR) is 182 cm³/mol. The van der Waals surface area contributed by atoms with Crippen LogP contribution in [0.3, 0.4) is 0 Å². The van der Waals surface area contributed by atoms with Crippen LogP contribution in [-0.4, -0.2) is 8.07 Å². The molecular formula is C39H41FNOSi+. The van der Waals surface area contributed by atoms with Gasteiger partial charge in [0, 0.05) is 22.9 Å². The van der Waals surface area contributed by atoms with E-state index in [0.29, 0.717) is 11.1 Å². The van der Waals surface area contributed by atoms with Crippen LogP contribution in [0.5, 0.6) is 0 Å². The minimum absolute atomic E-state index is 0.178. The van der Waals surface area contributed by atoms with Gasteiger partial charge in [0.2, 0.25) is 5.69 Å². The summed E-state index contributed by atoms with van der Waals surface area (Å²) in [5, 5.41) is 3.36. The van der Waals surface area contributed by atoms with Crippen LogP contribution in [0.1, 0.15) is 31.9 Å². The molecule has 4 heteroatoms. The smallest absolute Gasteiger partial charge is 0.216 e. The summed E-state index contributed by atoms with van der Waals surface area (Å²) in [6.07, 6.45) is 3.10. The van der Waals surface area contributed by atoms with Gasteiger partial charge in [-0.2, -0.15) is 0 Å². The highest BCUT2D eigenvalue weighted by Gasteiger charge is 2.24. The number of pyridine rings is 1. The molecule has 0 aliphatic heterocycles. The molecule has 218 valence electrons. The standard InChI is InChI=1S/C39H41FNOSi/c1-25-9-18-31-32-19-20-33(40)36(29-12-10-27(11-13-29)28-14-16-30(17-15-28)43(6,7)8)38(32)42-37(31)35(25)34-23-26(21-22-41(34)5)24-39(2,3)4/h9-23H,24H2,1-8H3/q+1. The van der Waals surface area contributed by atoms with Crippen molar-refractivity contribution < 1.29 is 13.4 Å². The Hall–Kier alpha value is -4.02. The van der Waals surface area contributed by atoms with Crippen molar-refractivity contribution in [2.24, 2.45) is 12.5 Å². The van der Waals surface area contributed by atoms with Crippen LogP contribution in [0.4, 0.5) is 4.39 Å². The van der Waals surface area contributed by atoms with E-state index in [1.165, 1.54) is 10.8 Å². The van der Waals surface area contributed by atoms with Gasteiger partial charge in [-0.05, 0) is 58.7 Å². The van der Waals surface area contributed by atoms with E-state index < -0.39 is 8.07 Å². The van der Waals surface area contributed by atoms with Crippen molar-refractivity contribution in [2.75, 3.05) is 0 Å². The van der Waals surface area contributed by atoms with Crippen LogP contribution in [0.15, 0.2) is 95.5 Å². The number of aryl methyl sites for hydroxylation is 2. The number of hydrogen-bond acceptors (Lipinski definition) is 1. The van der Waals surface area contributed by atoms with Crippen LogP contribution < -0.4 is 9.75 Å². The quantitative estimate of drug-likeness (QED) is 0.145. The molecule has 0 radical (unpaired) electrons. The van der Waals surface area contributed by atoms with Crippen LogP contribution in [0.25, 0.3) is 55.4 Å². The molecule has 0 atom stereocenters. The highest BCUT2D eigenvalue weighted by Crippen LogP contribution is 2.42. The summed E-state index contributed by atoms with van der Waals surface area (Å²) in [4.78, 5) is 0. The summed E-state index contributed by atoms with van der Waals surface area (Å²) in [6.45, 7) is 16.0. The lowest BCUT2D eigenvalue weighted by Gasteiger charge is -2.18. The van der Waals surface area contributed by atoms with E-state index in [-0.39, 0.29) is 11.2 Å². The average Bonchev–Trinajstić information content (AvgIpc) is 3.31. The Bertz CT molecular complexity index is 1970. The molecule has 0 saturated heterocycles. The molecule has 4 aromatic carbocycles. The van der Waals surface area contributed by atoms with Gasteiger partial charge >= 0.3 is 0 Å². The molecule has 0 aliphatic rings. The van der Waals surface area contributed by atoms with Crippen molar-refractivity contribution in [1.29, 1.82) is 0 Å². The summed E-state index contributed by atoms with van der Waals surface area (Å²) in [6, 6.07) is 29.2. The first-order chi connectivity index (χ1) is 20.3. The summed E-state index contributed by atoms with van der Waals surface area (Å²) in [7, 11) is 0.716. The zero-order valence-electron chi connectivity index (χ0n) is 26.6.